The van der Waals surface area contributed by atoms with Crippen molar-refractivity contribution in [3.05, 3.63) is 77.2 Å². The lowest BCUT2D eigenvalue weighted by atomic mass is 9.98. The van der Waals surface area contributed by atoms with Crippen LogP contribution in [0.25, 0.3) is 5.69 Å². The minimum Gasteiger partial charge on any atom is -0.481 e. The van der Waals surface area contributed by atoms with E-state index in [0.29, 0.717) is 24.0 Å². The lowest BCUT2D eigenvalue weighted by molar-refractivity contribution is -0.137. The smallest absolute Gasteiger partial charge is 0.305 e. The predicted molar refractivity (Wildman–Crippen MR) is 125 cm³/mol. The summed E-state index contributed by atoms with van der Waals surface area (Å²) in [5.41, 5.74) is 1.75. The van der Waals surface area contributed by atoms with E-state index in [9.17, 15) is 19.1 Å². The monoisotopic (exact) mass is 465 g/mol. The third-order valence-electron chi connectivity index (χ3n) is 6.16. The maximum absolute atomic E-state index is 14.5. The zero-order chi connectivity index (χ0) is 24.2. The van der Waals surface area contributed by atoms with Crippen LogP contribution in [0.15, 0.2) is 54.6 Å². The molecule has 0 saturated heterocycles. The van der Waals surface area contributed by atoms with E-state index in [0.717, 1.165) is 5.56 Å². The Morgan fingerprint density at radius 1 is 1.21 bits per heavy atom. The van der Waals surface area contributed by atoms with Gasteiger partial charge < -0.3 is 15.2 Å². The molecule has 0 spiro atoms. The fourth-order valence-corrected chi connectivity index (χ4v) is 4.02. The highest BCUT2D eigenvalue weighted by Gasteiger charge is 2.29. The van der Waals surface area contributed by atoms with E-state index in [1.54, 1.807) is 30.3 Å². The van der Waals surface area contributed by atoms with Gasteiger partial charge in [0, 0.05) is 6.07 Å². The van der Waals surface area contributed by atoms with Gasteiger partial charge in [-0.1, -0.05) is 43.3 Å². The standard InChI is InChI=1S/C26H28FN3O4/c1-16-7-3-4-8-19(16)21(14-25(31)32)28-26(33)22-13-24(34-15-17(2)18-11-12-18)30(29-22)23-10-6-5-9-20(23)27/h3-10,13,17-18,21H,11-12,14-15H2,1-2H3,(H,28,33)(H,31,32). The highest BCUT2D eigenvalue weighted by Crippen LogP contribution is 2.37. The first-order valence-electron chi connectivity index (χ1n) is 11.4. The van der Waals surface area contributed by atoms with Gasteiger partial charge >= 0.3 is 5.97 Å². The van der Waals surface area contributed by atoms with E-state index in [1.165, 1.54) is 29.7 Å². The van der Waals surface area contributed by atoms with Crippen molar-refractivity contribution in [2.24, 2.45) is 11.8 Å². The molecule has 34 heavy (non-hydrogen) atoms. The quantitative estimate of drug-likeness (QED) is 0.453. The highest BCUT2D eigenvalue weighted by molar-refractivity contribution is 5.93. The molecule has 1 aliphatic carbocycles. The van der Waals surface area contributed by atoms with Gasteiger partial charge in [-0.3, -0.25) is 9.59 Å². The molecular weight excluding hydrogens is 437 g/mol. The van der Waals surface area contributed by atoms with Crippen LogP contribution in [0.2, 0.25) is 0 Å². The summed E-state index contributed by atoms with van der Waals surface area (Å²) in [5, 5.41) is 16.5. The van der Waals surface area contributed by atoms with E-state index in [4.69, 9.17) is 4.74 Å². The molecule has 2 unspecified atom stereocenters. The molecule has 1 saturated carbocycles. The Morgan fingerprint density at radius 2 is 1.91 bits per heavy atom. The number of benzene rings is 2. The topological polar surface area (TPSA) is 93.5 Å². The van der Waals surface area contributed by atoms with Crippen LogP contribution in [-0.2, 0) is 4.79 Å². The summed E-state index contributed by atoms with van der Waals surface area (Å²) < 4.78 is 21.8. The molecule has 178 valence electrons. The summed E-state index contributed by atoms with van der Waals surface area (Å²) in [5.74, 6) is -0.885. The van der Waals surface area contributed by atoms with Crippen LogP contribution in [0.4, 0.5) is 4.39 Å². The minimum absolute atomic E-state index is 0.0151. The Morgan fingerprint density at radius 3 is 2.59 bits per heavy atom. The molecule has 2 atom stereocenters. The van der Waals surface area contributed by atoms with Gasteiger partial charge in [-0.15, -0.1) is 0 Å². The molecule has 0 aliphatic heterocycles. The fourth-order valence-electron chi connectivity index (χ4n) is 4.02. The SMILES string of the molecule is Cc1ccccc1C(CC(=O)O)NC(=O)c1cc(OCC(C)C2CC2)n(-c2ccccc2F)n1. The van der Waals surface area contributed by atoms with Crippen LogP contribution in [0, 0.1) is 24.6 Å². The second kappa shape index (κ2) is 10.1. The molecule has 1 heterocycles. The number of aliphatic carboxylic acids is 1. The van der Waals surface area contributed by atoms with Crippen LogP contribution >= 0.6 is 0 Å². The maximum atomic E-state index is 14.5. The molecular formula is C26H28FN3O4. The average molecular weight is 466 g/mol. The van der Waals surface area contributed by atoms with Crippen molar-refractivity contribution < 1.29 is 23.8 Å². The first kappa shape index (κ1) is 23.5. The number of hydrogen-bond donors (Lipinski definition) is 2. The number of ether oxygens (including phenoxy) is 1. The lowest BCUT2D eigenvalue weighted by Crippen LogP contribution is -2.31. The first-order valence-corrected chi connectivity index (χ1v) is 11.4. The number of para-hydroxylation sites is 1. The van der Waals surface area contributed by atoms with Crippen molar-refractivity contribution in [2.75, 3.05) is 6.61 Å². The number of nitrogens with zero attached hydrogens (tertiary/aromatic N) is 2. The first-order chi connectivity index (χ1) is 16.3. The molecule has 4 rings (SSSR count). The number of halogens is 1. The maximum Gasteiger partial charge on any atom is 0.305 e. The van der Waals surface area contributed by atoms with Crippen LogP contribution in [-0.4, -0.2) is 33.4 Å². The Labute approximate surface area is 197 Å². The largest absolute Gasteiger partial charge is 0.481 e. The van der Waals surface area contributed by atoms with Gasteiger partial charge in [-0.2, -0.15) is 9.78 Å². The van der Waals surface area contributed by atoms with Gasteiger partial charge in [0.05, 0.1) is 19.1 Å². The molecule has 1 amide bonds. The van der Waals surface area contributed by atoms with Crippen LogP contribution < -0.4 is 10.1 Å². The fraction of sp³-hybridized carbons (Fsp3) is 0.346. The second-order valence-corrected chi connectivity index (χ2v) is 8.84. The summed E-state index contributed by atoms with van der Waals surface area (Å²) >= 11 is 0. The van der Waals surface area contributed by atoms with Crippen LogP contribution in [0.3, 0.4) is 0 Å². The summed E-state index contributed by atoms with van der Waals surface area (Å²) in [6.07, 6.45) is 2.07. The number of hydrogen-bond acceptors (Lipinski definition) is 4. The Bertz CT molecular complexity index is 1190. The number of aryl methyl sites for hydroxylation is 1. The number of aromatic nitrogens is 2. The lowest BCUT2D eigenvalue weighted by Gasteiger charge is -2.18. The number of rotatable bonds is 10. The number of amides is 1. The van der Waals surface area contributed by atoms with Gasteiger partial charge in [0.25, 0.3) is 5.91 Å². The van der Waals surface area contributed by atoms with Crippen molar-refractivity contribution in [1.29, 1.82) is 0 Å². The van der Waals surface area contributed by atoms with Gasteiger partial charge in [-0.05, 0) is 54.9 Å². The molecule has 1 aliphatic rings. The molecule has 0 radical (unpaired) electrons. The number of carboxylic acids is 1. The number of carboxylic acid groups (broad SMARTS) is 1. The van der Waals surface area contributed by atoms with Crippen molar-refractivity contribution in [1.82, 2.24) is 15.1 Å². The summed E-state index contributed by atoms with van der Waals surface area (Å²) in [6, 6.07) is 14.1. The summed E-state index contributed by atoms with van der Waals surface area (Å²) in [7, 11) is 0. The third-order valence-corrected chi connectivity index (χ3v) is 6.16. The van der Waals surface area contributed by atoms with Crippen molar-refractivity contribution in [3.8, 4) is 11.6 Å². The van der Waals surface area contributed by atoms with Gasteiger partial charge in [0.2, 0.25) is 5.88 Å². The average Bonchev–Trinajstić information content (AvgIpc) is 3.57. The minimum atomic E-state index is -1.04. The van der Waals surface area contributed by atoms with E-state index in [-0.39, 0.29) is 23.7 Å². The number of carbonyl (C=O) groups excluding carboxylic acids is 1. The number of nitrogens with one attached hydrogen (secondary N) is 1. The van der Waals surface area contributed by atoms with Crippen LogP contribution in [0.5, 0.6) is 5.88 Å². The third kappa shape index (κ3) is 5.44. The van der Waals surface area contributed by atoms with Crippen molar-refractivity contribution >= 4 is 11.9 Å². The van der Waals surface area contributed by atoms with E-state index in [2.05, 4.69) is 17.3 Å². The molecule has 1 fully saturated rings. The number of carbonyl (C=O) groups is 2. The molecule has 2 N–H and O–H groups in total. The van der Waals surface area contributed by atoms with Crippen molar-refractivity contribution in [3.63, 3.8) is 0 Å². The molecule has 8 heteroatoms. The second-order valence-electron chi connectivity index (χ2n) is 8.84. The Kier molecular flexibility index (Phi) is 6.95. The van der Waals surface area contributed by atoms with E-state index >= 15 is 0 Å². The Balaban J connectivity index is 1.62. The normalized spacial score (nSPS) is 14.9. The summed E-state index contributed by atoms with van der Waals surface area (Å²) in [4.78, 5) is 24.6. The molecule has 3 aromatic rings. The van der Waals surface area contributed by atoms with Gasteiger partial charge in [-0.25, -0.2) is 4.39 Å². The molecule has 7 nitrogen and oxygen atoms in total. The predicted octanol–water partition coefficient (Wildman–Crippen LogP) is 4.69. The highest BCUT2D eigenvalue weighted by atomic mass is 19.1. The van der Waals surface area contributed by atoms with E-state index in [1.807, 2.05) is 19.1 Å². The Hall–Kier alpha value is -3.68. The van der Waals surface area contributed by atoms with Crippen LogP contribution in [0.1, 0.15) is 53.8 Å². The van der Waals surface area contributed by atoms with Gasteiger partial charge in [0.1, 0.15) is 11.5 Å². The molecule has 0 bridgehead atoms. The zero-order valence-electron chi connectivity index (χ0n) is 19.2. The van der Waals surface area contributed by atoms with Crippen molar-refractivity contribution in [2.45, 2.75) is 39.2 Å². The zero-order valence-corrected chi connectivity index (χ0v) is 19.2. The molecule has 2 aromatic carbocycles. The van der Waals surface area contributed by atoms with E-state index < -0.39 is 23.7 Å². The van der Waals surface area contributed by atoms with Gasteiger partial charge in [0.15, 0.2) is 5.69 Å². The summed E-state index contributed by atoms with van der Waals surface area (Å²) in [6.45, 7) is 4.39. The molecule has 1 aromatic heterocycles.